The summed E-state index contributed by atoms with van der Waals surface area (Å²) in [6.07, 6.45) is 1.89. The average molecular weight is 610 g/mol. The van der Waals surface area contributed by atoms with Crippen LogP contribution in [-0.4, -0.2) is 43.5 Å². The molecule has 3 aromatic carbocycles. The molecule has 1 aliphatic heterocycles. The molecule has 1 atom stereocenters. The van der Waals surface area contributed by atoms with Gasteiger partial charge in [0.1, 0.15) is 5.75 Å². The van der Waals surface area contributed by atoms with Crippen molar-refractivity contribution in [1.82, 2.24) is 9.55 Å². The number of fused-ring (bicyclic) bond motifs is 2. The SMILES string of the molecule is CCOC(=O)C1=C(C)N=c2sc(=Cc3c(-c4ccccc4)[nH]c4ccc(OC)cc34)c(=O)n2[C@@H]1c1ccc(OC)c(OC)c1. The first kappa shape index (κ1) is 29.0. The van der Waals surface area contributed by atoms with Crippen molar-refractivity contribution in [1.29, 1.82) is 0 Å². The Labute approximate surface area is 257 Å². The van der Waals surface area contributed by atoms with E-state index < -0.39 is 12.0 Å². The van der Waals surface area contributed by atoms with Crippen molar-refractivity contribution in [2.24, 2.45) is 4.99 Å². The molecule has 0 spiro atoms. The third-order valence-corrected chi connectivity index (χ3v) is 8.61. The van der Waals surface area contributed by atoms with Gasteiger partial charge in [-0.15, -0.1) is 0 Å². The molecule has 0 aliphatic carbocycles. The molecule has 0 radical (unpaired) electrons. The van der Waals surface area contributed by atoms with E-state index in [4.69, 9.17) is 23.9 Å². The number of hydrogen-bond donors (Lipinski definition) is 1. The maximum atomic E-state index is 14.4. The van der Waals surface area contributed by atoms with E-state index in [-0.39, 0.29) is 12.2 Å². The number of carbonyl (C=O) groups is 1. The normalized spacial score (nSPS) is 14.8. The molecule has 224 valence electrons. The summed E-state index contributed by atoms with van der Waals surface area (Å²) in [5.74, 6) is 1.18. The van der Waals surface area contributed by atoms with Crippen LogP contribution in [0, 0.1) is 0 Å². The van der Waals surface area contributed by atoms with Crippen LogP contribution < -0.4 is 29.1 Å². The minimum atomic E-state index is -0.788. The number of carbonyl (C=O) groups excluding carboxylic acids is 1. The molecule has 1 N–H and O–H groups in total. The number of methoxy groups -OCH3 is 3. The molecule has 10 heteroatoms. The molecule has 44 heavy (non-hydrogen) atoms. The number of H-pyrrole nitrogens is 1. The number of benzene rings is 3. The fourth-order valence-electron chi connectivity index (χ4n) is 5.56. The lowest BCUT2D eigenvalue weighted by atomic mass is 9.95. The van der Waals surface area contributed by atoms with Gasteiger partial charge in [0.25, 0.3) is 5.56 Å². The molecule has 0 saturated heterocycles. The topological polar surface area (TPSA) is 104 Å². The highest BCUT2D eigenvalue weighted by atomic mass is 32.1. The van der Waals surface area contributed by atoms with Crippen molar-refractivity contribution in [2.45, 2.75) is 19.9 Å². The standard InChI is InChI=1S/C34H31N3O6S/c1-6-43-33(39)29-19(2)35-34-37(31(29)21-12-15-26(41-4)27(16-21)42-5)32(38)28(44-34)18-24-23-17-22(40-3)13-14-25(23)36-30(24)20-10-8-7-9-11-20/h7-18,31,36H,6H2,1-5H3/t31-/m1/s1. The number of hydrogen-bond acceptors (Lipinski definition) is 8. The Balaban J connectivity index is 1.62. The number of thiazole rings is 1. The summed E-state index contributed by atoms with van der Waals surface area (Å²) in [4.78, 5) is 36.4. The molecule has 0 unspecified atom stereocenters. The lowest BCUT2D eigenvalue weighted by molar-refractivity contribution is -0.139. The van der Waals surface area contributed by atoms with Crippen LogP contribution in [-0.2, 0) is 9.53 Å². The second kappa shape index (κ2) is 11.9. The molecule has 6 rings (SSSR count). The molecule has 0 saturated carbocycles. The summed E-state index contributed by atoms with van der Waals surface area (Å²) in [7, 11) is 4.72. The maximum absolute atomic E-state index is 14.4. The fourth-order valence-corrected chi connectivity index (χ4v) is 6.59. The third-order valence-electron chi connectivity index (χ3n) is 7.62. The monoisotopic (exact) mass is 609 g/mol. The quantitative estimate of drug-likeness (QED) is 0.249. The van der Waals surface area contributed by atoms with Gasteiger partial charge in [0.2, 0.25) is 0 Å². The molecule has 1 aliphatic rings. The van der Waals surface area contributed by atoms with Crippen LogP contribution in [0.3, 0.4) is 0 Å². The smallest absolute Gasteiger partial charge is 0.338 e. The van der Waals surface area contributed by atoms with Crippen LogP contribution in [0.1, 0.15) is 31.0 Å². The summed E-state index contributed by atoms with van der Waals surface area (Å²) in [5, 5.41) is 0.911. The van der Waals surface area contributed by atoms with E-state index in [1.165, 1.54) is 11.3 Å². The Morgan fingerprint density at radius 1 is 1.00 bits per heavy atom. The highest BCUT2D eigenvalue weighted by Crippen LogP contribution is 2.37. The molecule has 3 heterocycles. The lowest BCUT2D eigenvalue weighted by Gasteiger charge is -2.25. The molecule has 0 bridgehead atoms. The van der Waals surface area contributed by atoms with Gasteiger partial charge in [-0.1, -0.05) is 47.7 Å². The van der Waals surface area contributed by atoms with E-state index in [0.717, 1.165) is 27.7 Å². The molecular formula is C34H31N3O6S. The number of esters is 1. The third kappa shape index (κ3) is 4.97. The van der Waals surface area contributed by atoms with Gasteiger partial charge < -0.3 is 23.9 Å². The van der Waals surface area contributed by atoms with Crippen molar-refractivity contribution in [3.05, 3.63) is 109 Å². The first-order valence-electron chi connectivity index (χ1n) is 14.0. The van der Waals surface area contributed by atoms with Crippen molar-refractivity contribution in [2.75, 3.05) is 27.9 Å². The predicted molar refractivity (Wildman–Crippen MR) is 170 cm³/mol. The largest absolute Gasteiger partial charge is 0.497 e. The molecule has 2 aromatic heterocycles. The fraction of sp³-hybridized carbons (Fsp3) is 0.206. The van der Waals surface area contributed by atoms with E-state index in [1.807, 2.05) is 60.7 Å². The Kier molecular flexibility index (Phi) is 7.84. The zero-order chi connectivity index (χ0) is 31.0. The lowest BCUT2D eigenvalue weighted by Crippen LogP contribution is -2.40. The predicted octanol–water partition coefficient (Wildman–Crippen LogP) is 4.97. The van der Waals surface area contributed by atoms with Crippen LogP contribution in [0.2, 0.25) is 0 Å². The number of ether oxygens (including phenoxy) is 4. The highest BCUT2D eigenvalue weighted by molar-refractivity contribution is 7.07. The van der Waals surface area contributed by atoms with Crippen LogP contribution in [0.4, 0.5) is 0 Å². The summed E-state index contributed by atoms with van der Waals surface area (Å²) in [6, 6.07) is 20.3. The van der Waals surface area contributed by atoms with E-state index in [2.05, 4.69) is 4.98 Å². The summed E-state index contributed by atoms with van der Waals surface area (Å²) < 4.78 is 24.0. The van der Waals surface area contributed by atoms with Crippen molar-refractivity contribution in [3.8, 4) is 28.5 Å². The minimum Gasteiger partial charge on any atom is -0.497 e. The van der Waals surface area contributed by atoms with Gasteiger partial charge >= 0.3 is 5.97 Å². The van der Waals surface area contributed by atoms with Gasteiger partial charge in [-0.05, 0) is 61.4 Å². The van der Waals surface area contributed by atoms with Crippen LogP contribution in [0.15, 0.2) is 87.8 Å². The maximum Gasteiger partial charge on any atom is 0.338 e. The second-order valence-electron chi connectivity index (χ2n) is 10.1. The highest BCUT2D eigenvalue weighted by Gasteiger charge is 2.34. The molecule has 9 nitrogen and oxygen atoms in total. The van der Waals surface area contributed by atoms with Crippen LogP contribution >= 0.6 is 11.3 Å². The van der Waals surface area contributed by atoms with Crippen molar-refractivity contribution in [3.63, 3.8) is 0 Å². The van der Waals surface area contributed by atoms with Gasteiger partial charge in [-0.2, -0.15) is 0 Å². The van der Waals surface area contributed by atoms with Crippen LogP contribution in [0.25, 0.3) is 28.2 Å². The average Bonchev–Trinajstić information content (AvgIpc) is 3.56. The number of rotatable bonds is 8. The Hall–Kier alpha value is -5.09. The number of nitrogens with zero attached hydrogens (tertiary/aromatic N) is 2. The Morgan fingerprint density at radius 2 is 1.77 bits per heavy atom. The molecule has 5 aromatic rings. The number of aromatic nitrogens is 2. The van der Waals surface area contributed by atoms with Crippen molar-refractivity contribution >= 4 is 34.3 Å². The summed E-state index contributed by atoms with van der Waals surface area (Å²) >= 11 is 1.27. The Morgan fingerprint density at radius 3 is 2.48 bits per heavy atom. The summed E-state index contributed by atoms with van der Waals surface area (Å²) in [6.45, 7) is 3.69. The van der Waals surface area contributed by atoms with Crippen molar-refractivity contribution < 1.29 is 23.7 Å². The molecular weight excluding hydrogens is 578 g/mol. The van der Waals surface area contributed by atoms with E-state index in [9.17, 15) is 9.59 Å². The van der Waals surface area contributed by atoms with Crippen LogP contribution in [0.5, 0.6) is 17.2 Å². The summed E-state index contributed by atoms with van der Waals surface area (Å²) in [5.41, 5.74) is 4.77. The molecule has 0 amide bonds. The number of allylic oxidation sites excluding steroid dienone is 1. The minimum absolute atomic E-state index is 0.185. The first-order valence-corrected chi connectivity index (χ1v) is 14.9. The van der Waals surface area contributed by atoms with Gasteiger partial charge in [0.15, 0.2) is 16.3 Å². The first-order chi connectivity index (χ1) is 21.4. The number of aromatic amines is 1. The zero-order valence-corrected chi connectivity index (χ0v) is 25.8. The Bertz CT molecular complexity index is 2110. The zero-order valence-electron chi connectivity index (χ0n) is 25.0. The van der Waals surface area contributed by atoms with Gasteiger partial charge in [-0.25, -0.2) is 9.79 Å². The van der Waals surface area contributed by atoms with Gasteiger partial charge in [0.05, 0.1) is 55.5 Å². The van der Waals surface area contributed by atoms with Gasteiger partial charge in [-0.3, -0.25) is 9.36 Å². The van der Waals surface area contributed by atoms with Gasteiger partial charge in [0, 0.05) is 16.5 Å². The number of nitrogens with one attached hydrogen (secondary N) is 1. The van der Waals surface area contributed by atoms with E-state index >= 15 is 0 Å². The van der Waals surface area contributed by atoms with E-state index in [1.54, 1.807) is 51.9 Å². The molecule has 0 fully saturated rings. The second-order valence-corrected chi connectivity index (χ2v) is 11.1. The van der Waals surface area contributed by atoms with E-state index in [0.29, 0.717) is 43.4 Å².